The molecule has 0 saturated carbocycles. The number of hydrogen-bond donors (Lipinski definition) is 3. The summed E-state index contributed by atoms with van der Waals surface area (Å²) in [7, 11) is 0. The molecule has 2 rings (SSSR count). The van der Waals surface area contributed by atoms with Crippen molar-refractivity contribution in [3.05, 3.63) is 46.1 Å². The minimum absolute atomic E-state index is 0.0460. The summed E-state index contributed by atoms with van der Waals surface area (Å²) in [5, 5.41) is 25.1. The first-order valence-corrected chi connectivity index (χ1v) is 7.18. The molecule has 0 atom stereocenters. The highest BCUT2D eigenvalue weighted by Gasteiger charge is 2.13. The number of aromatic amines is 1. The van der Waals surface area contributed by atoms with Gasteiger partial charge in [0.15, 0.2) is 0 Å². The molecule has 0 aliphatic carbocycles. The number of carboxylic acids is 2. The SMILES string of the molecule is CCc1nc(S/C(=C\c2ccc(C(=O)O)cc2)C(=O)O)n[nH]1. The second kappa shape index (κ2) is 6.90. The number of benzene rings is 1. The minimum Gasteiger partial charge on any atom is -0.478 e. The maximum atomic E-state index is 11.3. The van der Waals surface area contributed by atoms with Gasteiger partial charge in [-0.3, -0.25) is 5.10 Å². The van der Waals surface area contributed by atoms with Crippen molar-refractivity contribution in [2.45, 2.75) is 18.5 Å². The predicted octanol–water partition coefficient (Wildman–Crippen LogP) is 2.28. The summed E-state index contributed by atoms with van der Waals surface area (Å²) in [5.41, 5.74) is 0.726. The molecule has 1 aromatic heterocycles. The smallest absolute Gasteiger partial charge is 0.342 e. The number of H-pyrrole nitrogens is 1. The second-order valence-corrected chi connectivity index (χ2v) is 5.27. The Balaban J connectivity index is 2.22. The summed E-state index contributed by atoms with van der Waals surface area (Å²) in [6.07, 6.45) is 2.12. The lowest BCUT2D eigenvalue weighted by molar-refractivity contribution is -0.131. The largest absolute Gasteiger partial charge is 0.478 e. The van der Waals surface area contributed by atoms with Crippen molar-refractivity contribution in [3.63, 3.8) is 0 Å². The third kappa shape index (κ3) is 3.95. The first kappa shape index (κ1) is 15.8. The molecule has 0 aliphatic rings. The van der Waals surface area contributed by atoms with E-state index in [9.17, 15) is 14.7 Å². The Morgan fingerprint density at radius 3 is 2.45 bits per heavy atom. The Labute approximate surface area is 130 Å². The Kier molecular flexibility index (Phi) is 4.95. The fourth-order valence-corrected chi connectivity index (χ4v) is 2.31. The summed E-state index contributed by atoms with van der Waals surface area (Å²) >= 11 is 0.930. The van der Waals surface area contributed by atoms with Crippen LogP contribution in [0.4, 0.5) is 0 Å². The fraction of sp³-hybridized carbons (Fsp3) is 0.143. The van der Waals surface area contributed by atoms with Crippen molar-refractivity contribution in [1.82, 2.24) is 15.2 Å². The van der Waals surface area contributed by atoms with E-state index in [1.54, 1.807) is 12.1 Å². The van der Waals surface area contributed by atoms with Crippen molar-refractivity contribution < 1.29 is 19.8 Å². The molecule has 8 heteroatoms. The van der Waals surface area contributed by atoms with Gasteiger partial charge in [-0.2, -0.15) is 0 Å². The second-order valence-electron chi connectivity index (χ2n) is 4.26. The number of aromatic carboxylic acids is 1. The molecule has 0 saturated heterocycles. The zero-order valence-corrected chi connectivity index (χ0v) is 12.4. The van der Waals surface area contributed by atoms with E-state index in [2.05, 4.69) is 15.2 Å². The Morgan fingerprint density at radius 1 is 1.27 bits per heavy atom. The topological polar surface area (TPSA) is 116 Å². The number of thioether (sulfide) groups is 1. The molecule has 0 spiro atoms. The maximum absolute atomic E-state index is 11.3. The molecule has 3 N–H and O–H groups in total. The zero-order valence-electron chi connectivity index (χ0n) is 11.6. The van der Waals surface area contributed by atoms with Crippen molar-refractivity contribution in [2.24, 2.45) is 0 Å². The van der Waals surface area contributed by atoms with Gasteiger partial charge in [0, 0.05) is 6.42 Å². The van der Waals surface area contributed by atoms with Crippen molar-refractivity contribution in [3.8, 4) is 0 Å². The third-order valence-electron chi connectivity index (χ3n) is 2.71. The van der Waals surface area contributed by atoms with E-state index in [1.807, 2.05) is 6.92 Å². The van der Waals surface area contributed by atoms with Crippen LogP contribution in [0.2, 0.25) is 0 Å². The van der Waals surface area contributed by atoms with Crippen LogP contribution in [0, 0.1) is 0 Å². The van der Waals surface area contributed by atoms with Gasteiger partial charge in [0.25, 0.3) is 0 Å². The molecular formula is C14H13N3O4S. The molecule has 2 aromatic rings. The van der Waals surface area contributed by atoms with E-state index in [0.29, 0.717) is 23.0 Å². The molecule has 0 aliphatic heterocycles. The monoisotopic (exact) mass is 319 g/mol. The van der Waals surface area contributed by atoms with E-state index in [-0.39, 0.29) is 10.5 Å². The number of carboxylic acid groups (broad SMARTS) is 2. The highest BCUT2D eigenvalue weighted by Crippen LogP contribution is 2.25. The highest BCUT2D eigenvalue weighted by molar-refractivity contribution is 8.04. The number of nitrogens with zero attached hydrogens (tertiary/aromatic N) is 2. The number of aromatic nitrogens is 3. The van der Waals surface area contributed by atoms with Crippen molar-refractivity contribution in [2.75, 3.05) is 0 Å². The first-order chi connectivity index (χ1) is 10.5. The lowest BCUT2D eigenvalue weighted by Crippen LogP contribution is -1.98. The number of aliphatic carboxylic acids is 1. The summed E-state index contributed by atoms with van der Waals surface area (Å²) < 4.78 is 0. The van der Waals surface area contributed by atoms with Crippen LogP contribution in [0.3, 0.4) is 0 Å². The number of hydrogen-bond acceptors (Lipinski definition) is 5. The number of carbonyl (C=O) groups is 2. The molecular weight excluding hydrogens is 306 g/mol. The molecule has 7 nitrogen and oxygen atoms in total. The number of aryl methyl sites for hydroxylation is 1. The molecule has 0 unspecified atom stereocenters. The molecule has 114 valence electrons. The normalized spacial score (nSPS) is 11.4. The van der Waals surface area contributed by atoms with Gasteiger partial charge in [-0.1, -0.05) is 19.1 Å². The number of rotatable bonds is 6. The fourth-order valence-electron chi connectivity index (χ4n) is 1.59. The Hall–Kier alpha value is -2.61. The van der Waals surface area contributed by atoms with Crippen LogP contribution < -0.4 is 0 Å². The van der Waals surface area contributed by atoms with Crippen molar-refractivity contribution >= 4 is 29.8 Å². The van der Waals surface area contributed by atoms with Gasteiger partial charge < -0.3 is 10.2 Å². The molecule has 0 bridgehead atoms. The van der Waals surface area contributed by atoms with Crippen LogP contribution in [0.5, 0.6) is 0 Å². The summed E-state index contributed by atoms with van der Waals surface area (Å²) in [4.78, 5) is 26.3. The first-order valence-electron chi connectivity index (χ1n) is 6.37. The molecule has 1 aromatic carbocycles. The van der Waals surface area contributed by atoms with Crippen LogP contribution in [0.1, 0.15) is 28.7 Å². The van der Waals surface area contributed by atoms with Gasteiger partial charge in [0.1, 0.15) is 10.7 Å². The van der Waals surface area contributed by atoms with Gasteiger partial charge >= 0.3 is 11.9 Å². The van der Waals surface area contributed by atoms with Gasteiger partial charge in [-0.15, -0.1) is 5.10 Å². The Morgan fingerprint density at radius 2 is 1.95 bits per heavy atom. The van der Waals surface area contributed by atoms with E-state index in [1.165, 1.54) is 18.2 Å². The molecule has 0 amide bonds. The van der Waals surface area contributed by atoms with Crippen LogP contribution in [0.25, 0.3) is 6.08 Å². The van der Waals surface area contributed by atoms with Crippen LogP contribution >= 0.6 is 11.8 Å². The average molecular weight is 319 g/mol. The van der Waals surface area contributed by atoms with Gasteiger partial charge in [0.05, 0.1) is 5.56 Å². The lowest BCUT2D eigenvalue weighted by atomic mass is 10.1. The molecule has 1 heterocycles. The maximum Gasteiger partial charge on any atom is 0.342 e. The average Bonchev–Trinajstić information content (AvgIpc) is 2.94. The molecule has 22 heavy (non-hydrogen) atoms. The summed E-state index contributed by atoms with van der Waals surface area (Å²) in [6.45, 7) is 1.91. The quantitative estimate of drug-likeness (QED) is 0.552. The van der Waals surface area contributed by atoms with Crippen LogP contribution in [0.15, 0.2) is 34.3 Å². The minimum atomic E-state index is -1.10. The highest BCUT2D eigenvalue weighted by atomic mass is 32.2. The van der Waals surface area contributed by atoms with E-state index >= 15 is 0 Å². The third-order valence-corrected chi connectivity index (χ3v) is 3.59. The standard InChI is InChI=1S/C14H13N3O4S/c1-2-11-15-14(17-16-11)22-10(13(20)21)7-8-3-5-9(6-4-8)12(18)19/h3-7H,2H2,1H3,(H,18,19)(H,20,21)(H,15,16,17)/b10-7-. The predicted molar refractivity (Wildman–Crippen MR) is 80.6 cm³/mol. The van der Waals surface area contributed by atoms with Crippen LogP contribution in [-0.4, -0.2) is 37.3 Å². The van der Waals surface area contributed by atoms with Gasteiger partial charge in [-0.05, 0) is 35.5 Å². The van der Waals surface area contributed by atoms with Gasteiger partial charge in [-0.25, -0.2) is 14.6 Å². The molecule has 0 radical (unpaired) electrons. The zero-order chi connectivity index (χ0) is 16.1. The molecule has 0 fully saturated rings. The van der Waals surface area contributed by atoms with Crippen molar-refractivity contribution in [1.29, 1.82) is 0 Å². The summed E-state index contributed by atoms with van der Waals surface area (Å²) in [6, 6.07) is 5.92. The Bertz CT molecular complexity index is 722. The lowest BCUT2D eigenvalue weighted by Gasteiger charge is -2.00. The number of nitrogens with one attached hydrogen (secondary N) is 1. The van der Waals surface area contributed by atoms with E-state index in [4.69, 9.17) is 5.11 Å². The van der Waals surface area contributed by atoms with E-state index in [0.717, 1.165) is 11.8 Å². The summed E-state index contributed by atoms with van der Waals surface area (Å²) in [5.74, 6) is -1.45. The van der Waals surface area contributed by atoms with E-state index < -0.39 is 11.9 Å². The van der Waals surface area contributed by atoms with Gasteiger partial charge in [0.2, 0.25) is 5.16 Å². The van der Waals surface area contributed by atoms with Crippen LogP contribution in [-0.2, 0) is 11.2 Å².